The van der Waals surface area contributed by atoms with E-state index in [2.05, 4.69) is 0 Å². The Hall–Kier alpha value is -2.69. The van der Waals surface area contributed by atoms with Crippen molar-refractivity contribution in [2.75, 3.05) is 19.9 Å². The average molecular weight is 286 g/mol. The van der Waals surface area contributed by atoms with E-state index in [1.54, 1.807) is 43.4 Å². The van der Waals surface area contributed by atoms with Gasteiger partial charge in [-0.1, -0.05) is 18.2 Å². The van der Waals surface area contributed by atoms with Crippen molar-refractivity contribution in [2.24, 2.45) is 0 Å². The van der Waals surface area contributed by atoms with Crippen LogP contribution < -0.4 is 10.5 Å². The Morgan fingerprint density at radius 3 is 2.67 bits per heavy atom. The molecule has 2 aromatic carbocycles. The molecule has 2 rings (SSSR count). The van der Waals surface area contributed by atoms with Crippen LogP contribution >= 0.6 is 0 Å². The van der Waals surface area contributed by atoms with E-state index in [9.17, 15) is 9.90 Å². The molecule has 1 amide bonds. The van der Waals surface area contributed by atoms with Crippen LogP contribution in [0.2, 0.25) is 0 Å². The molecule has 0 bridgehead atoms. The van der Waals surface area contributed by atoms with Crippen LogP contribution in [0, 0.1) is 0 Å². The molecule has 0 spiro atoms. The van der Waals surface area contributed by atoms with Crippen LogP contribution in [0.1, 0.15) is 15.9 Å². The van der Waals surface area contributed by atoms with Crippen molar-refractivity contribution in [3.05, 3.63) is 53.6 Å². The van der Waals surface area contributed by atoms with Crippen molar-refractivity contribution in [1.82, 2.24) is 4.90 Å². The predicted molar refractivity (Wildman–Crippen MR) is 81.3 cm³/mol. The smallest absolute Gasteiger partial charge is 0.254 e. The van der Waals surface area contributed by atoms with Gasteiger partial charge in [0.05, 0.1) is 12.8 Å². The van der Waals surface area contributed by atoms with Crippen LogP contribution in [0.3, 0.4) is 0 Å². The van der Waals surface area contributed by atoms with Gasteiger partial charge in [0.15, 0.2) is 0 Å². The number of methoxy groups -OCH3 is 1. The standard InChI is InChI=1S/C16H18N2O3/c1-18(10-12-5-3-4-6-14(12)19)16(20)11-7-8-13(17)15(9-11)21-2/h3-9,19H,10,17H2,1-2H3. The Morgan fingerprint density at radius 1 is 1.29 bits per heavy atom. The maximum absolute atomic E-state index is 12.4. The van der Waals surface area contributed by atoms with Gasteiger partial charge in [-0.3, -0.25) is 4.79 Å². The van der Waals surface area contributed by atoms with Gasteiger partial charge < -0.3 is 20.5 Å². The lowest BCUT2D eigenvalue weighted by molar-refractivity contribution is 0.0784. The van der Waals surface area contributed by atoms with Crippen molar-refractivity contribution in [1.29, 1.82) is 0 Å². The molecule has 0 heterocycles. The normalized spacial score (nSPS) is 10.2. The minimum Gasteiger partial charge on any atom is -0.508 e. The fourth-order valence-electron chi connectivity index (χ4n) is 2.04. The third-order valence-electron chi connectivity index (χ3n) is 3.23. The SMILES string of the molecule is COc1cc(C(=O)N(C)Cc2ccccc2O)ccc1N. The number of nitrogens with two attached hydrogens (primary N) is 1. The highest BCUT2D eigenvalue weighted by Gasteiger charge is 2.15. The van der Waals surface area contributed by atoms with E-state index in [1.165, 1.54) is 12.0 Å². The van der Waals surface area contributed by atoms with E-state index in [1.807, 2.05) is 6.07 Å². The van der Waals surface area contributed by atoms with E-state index in [0.717, 1.165) is 0 Å². The number of carbonyl (C=O) groups excluding carboxylic acids is 1. The summed E-state index contributed by atoms with van der Waals surface area (Å²) in [6.45, 7) is 0.318. The van der Waals surface area contributed by atoms with E-state index in [0.29, 0.717) is 29.1 Å². The number of rotatable bonds is 4. The van der Waals surface area contributed by atoms with Crippen molar-refractivity contribution < 1.29 is 14.6 Å². The first-order chi connectivity index (χ1) is 10.0. The van der Waals surface area contributed by atoms with Crippen molar-refractivity contribution in [3.8, 4) is 11.5 Å². The molecule has 0 fully saturated rings. The highest BCUT2D eigenvalue weighted by atomic mass is 16.5. The maximum Gasteiger partial charge on any atom is 0.254 e. The molecule has 21 heavy (non-hydrogen) atoms. The van der Waals surface area contributed by atoms with Gasteiger partial charge in [-0.15, -0.1) is 0 Å². The summed E-state index contributed by atoms with van der Waals surface area (Å²) in [5.74, 6) is 0.473. The number of anilines is 1. The molecule has 0 aliphatic rings. The second kappa shape index (κ2) is 6.17. The van der Waals surface area contributed by atoms with Crippen LogP contribution in [0.25, 0.3) is 0 Å². The molecule has 0 saturated heterocycles. The molecule has 3 N–H and O–H groups in total. The molecule has 0 aromatic heterocycles. The summed E-state index contributed by atoms with van der Waals surface area (Å²) < 4.78 is 5.12. The lowest BCUT2D eigenvalue weighted by Gasteiger charge is -2.18. The first kappa shape index (κ1) is 14.7. The average Bonchev–Trinajstić information content (AvgIpc) is 2.49. The molecule has 2 aromatic rings. The number of ether oxygens (including phenoxy) is 1. The van der Waals surface area contributed by atoms with E-state index in [4.69, 9.17) is 10.5 Å². The highest BCUT2D eigenvalue weighted by Crippen LogP contribution is 2.24. The van der Waals surface area contributed by atoms with Crippen molar-refractivity contribution >= 4 is 11.6 Å². The van der Waals surface area contributed by atoms with Crippen molar-refractivity contribution in [2.45, 2.75) is 6.54 Å². The number of para-hydroxylation sites is 1. The minimum atomic E-state index is -0.170. The highest BCUT2D eigenvalue weighted by molar-refractivity contribution is 5.95. The summed E-state index contributed by atoms with van der Waals surface area (Å²) >= 11 is 0. The molecule has 0 aliphatic carbocycles. The third kappa shape index (κ3) is 3.25. The molecule has 0 radical (unpaired) electrons. The molecular weight excluding hydrogens is 268 g/mol. The van der Waals surface area contributed by atoms with Gasteiger partial charge in [-0.2, -0.15) is 0 Å². The zero-order valence-corrected chi connectivity index (χ0v) is 12.0. The lowest BCUT2D eigenvalue weighted by atomic mass is 10.1. The molecule has 5 nitrogen and oxygen atoms in total. The first-order valence-corrected chi connectivity index (χ1v) is 6.48. The van der Waals surface area contributed by atoms with Crippen LogP contribution in [0.5, 0.6) is 11.5 Å². The number of nitrogen functional groups attached to an aromatic ring is 1. The molecule has 110 valence electrons. The van der Waals surface area contributed by atoms with E-state index < -0.39 is 0 Å². The van der Waals surface area contributed by atoms with Crippen molar-refractivity contribution in [3.63, 3.8) is 0 Å². The van der Waals surface area contributed by atoms with E-state index in [-0.39, 0.29) is 11.7 Å². The minimum absolute atomic E-state index is 0.170. The predicted octanol–water partition coefficient (Wildman–Crippen LogP) is 2.26. The Bertz CT molecular complexity index is 656. The monoisotopic (exact) mass is 286 g/mol. The van der Waals surface area contributed by atoms with Gasteiger partial charge in [0, 0.05) is 24.7 Å². The molecule has 0 aliphatic heterocycles. The lowest BCUT2D eigenvalue weighted by Crippen LogP contribution is -2.26. The number of hydrogen-bond acceptors (Lipinski definition) is 4. The number of amides is 1. The fraction of sp³-hybridized carbons (Fsp3) is 0.188. The number of phenolic OH excluding ortho intramolecular Hbond substituents is 1. The van der Waals surface area contributed by atoms with Crippen LogP contribution in [-0.2, 0) is 6.54 Å². The Morgan fingerprint density at radius 2 is 2.00 bits per heavy atom. The molecule has 0 atom stereocenters. The number of phenols is 1. The van der Waals surface area contributed by atoms with Crippen LogP contribution in [0.15, 0.2) is 42.5 Å². The fourth-order valence-corrected chi connectivity index (χ4v) is 2.04. The summed E-state index contributed by atoms with van der Waals surface area (Å²) in [6, 6.07) is 11.8. The Kier molecular flexibility index (Phi) is 4.33. The number of hydrogen-bond donors (Lipinski definition) is 2. The van der Waals surface area contributed by atoms with Gasteiger partial charge in [0.25, 0.3) is 5.91 Å². The summed E-state index contributed by atoms with van der Waals surface area (Å²) in [4.78, 5) is 13.9. The number of nitrogens with zero attached hydrogens (tertiary/aromatic N) is 1. The van der Waals surface area contributed by atoms with Crippen LogP contribution in [0.4, 0.5) is 5.69 Å². The van der Waals surface area contributed by atoms with Gasteiger partial charge in [-0.25, -0.2) is 0 Å². The second-order valence-corrected chi connectivity index (χ2v) is 4.75. The first-order valence-electron chi connectivity index (χ1n) is 6.48. The summed E-state index contributed by atoms with van der Waals surface area (Å²) in [5.41, 5.74) is 7.40. The summed E-state index contributed by atoms with van der Waals surface area (Å²) in [5, 5.41) is 9.76. The topological polar surface area (TPSA) is 75.8 Å². The zero-order valence-electron chi connectivity index (χ0n) is 12.0. The van der Waals surface area contributed by atoms with Gasteiger partial charge in [-0.05, 0) is 24.3 Å². The quantitative estimate of drug-likeness (QED) is 0.845. The van der Waals surface area contributed by atoms with Crippen LogP contribution in [-0.4, -0.2) is 30.1 Å². The van der Waals surface area contributed by atoms with Gasteiger partial charge in [0.1, 0.15) is 11.5 Å². The number of carbonyl (C=O) groups is 1. The maximum atomic E-state index is 12.4. The number of aromatic hydroxyl groups is 1. The molecule has 5 heteroatoms. The summed E-state index contributed by atoms with van der Waals surface area (Å²) in [7, 11) is 3.18. The van der Waals surface area contributed by atoms with Gasteiger partial charge >= 0.3 is 0 Å². The number of benzene rings is 2. The molecule has 0 unspecified atom stereocenters. The second-order valence-electron chi connectivity index (χ2n) is 4.75. The largest absolute Gasteiger partial charge is 0.508 e. The Labute approximate surface area is 123 Å². The third-order valence-corrected chi connectivity index (χ3v) is 3.23. The summed E-state index contributed by atoms with van der Waals surface area (Å²) in [6.07, 6.45) is 0. The van der Waals surface area contributed by atoms with Gasteiger partial charge in [0.2, 0.25) is 0 Å². The van der Waals surface area contributed by atoms with E-state index >= 15 is 0 Å². The molecule has 0 saturated carbocycles. The zero-order chi connectivity index (χ0) is 15.4. The molecular formula is C16H18N2O3. The Balaban J connectivity index is 2.18.